The van der Waals surface area contributed by atoms with Crippen LogP contribution in [0.25, 0.3) is 0 Å². The molecule has 0 radical (unpaired) electrons. The Hall–Kier alpha value is -3.43. The summed E-state index contributed by atoms with van der Waals surface area (Å²) in [7, 11) is 0. The lowest BCUT2D eigenvalue weighted by Crippen LogP contribution is -2.56. The highest BCUT2D eigenvalue weighted by Crippen LogP contribution is 2.30. The summed E-state index contributed by atoms with van der Waals surface area (Å²) in [6.07, 6.45) is 2.47. The predicted molar refractivity (Wildman–Crippen MR) is 172 cm³/mol. The predicted octanol–water partition coefficient (Wildman–Crippen LogP) is 6.16. The first-order valence-corrected chi connectivity index (χ1v) is 16.3. The topological polar surface area (TPSA) is 99.8 Å². The minimum Gasteiger partial charge on any atom is -0.474 e. The number of hydrogen-bond donors (Lipinski definition) is 3. The molecular weight excluding hydrogens is 578 g/mol. The van der Waals surface area contributed by atoms with Crippen molar-refractivity contribution in [3.63, 3.8) is 0 Å². The van der Waals surface area contributed by atoms with Crippen molar-refractivity contribution in [2.45, 2.75) is 128 Å². The quantitative estimate of drug-likeness (QED) is 0.189. The maximum Gasteiger partial charge on any atom is 0.246 e. The van der Waals surface area contributed by atoms with Gasteiger partial charge in [-0.05, 0) is 77.9 Å². The molecule has 250 valence electrons. The second-order valence-corrected chi connectivity index (χ2v) is 13.4. The third-order valence-electron chi connectivity index (χ3n) is 8.46. The molecule has 4 unspecified atom stereocenters. The van der Waals surface area contributed by atoms with Crippen molar-refractivity contribution in [2.75, 3.05) is 6.54 Å². The third-order valence-corrected chi connectivity index (χ3v) is 8.46. The number of nitrogens with one attached hydrogen (secondary N) is 3. The average Bonchev–Trinajstić information content (AvgIpc) is 3.48. The molecule has 0 bridgehead atoms. The van der Waals surface area contributed by atoms with Gasteiger partial charge in [0.2, 0.25) is 18.2 Å². The Morgan fingerprint density at radius 2 is 1.62 bits per heavy atom. The average molecular weight is 631 g/mol. The maximum absolute atomic E-state index is 14.1. The molecule has 45 heavy (non-hydrogen) atoms. The first-order valence-electron chi connectivity index (χ1n) is 16.3. The van der Waals surface area contributed by atoms with Crippen molar-refractivity contribution in [1.29, 1.82) is 0 Å². The van der Waals surface area contributed by atoms with Gasteiger partial charge in [0.1, 0.15) is 17.7 Å². The van der Waals surface area contributed by atoms with E-state index in [0.29, 0.717) is 31.0 Å². The van der Waals surface area contributed by atoms with Crippen LogP contribution in [0.2, 0.25) is 0 Å². The van der Waals surface area contributed by atoms with Gasteiger partial charge >= 0.3 is 0 Å². The van der Waals surface area contributed by atoms with E-state index in [9.17, 15) is 23.2 Å². The number of hydrogen-bond acceptors (Lipinski definition) is 6. The number of nitrogens with zero attached hydrogens (tertiary/aromatic N) is 1. The van der Waals surface area contributed by atoms with E-state index in [1.54, 1.807) is 4.90 Å². The summed E-state index contributed by atoms with van der Waals surface area (Å²) in [5, 5.41) is 9.16. The van der Waals surface area contributed by atoms with Crippen LogP contribution in [-0.2, 0) is 19.1 Å². The number of allylic oxidation sites excluding steroid dienone is 1. The monoisotopic (exact) mass is 630 g/mol. The van der Waals surface area contributed by atoms with Gasteiger partial charge in [-0.3, -0.25) is 14.4 Å². The molecular formula is C35H52F2N4O4. The standard InChI is InChI=1S/C35H52F2N4O4/c1-23(38-24(2)26-14-9-7-10-15-26)22-30(42)28(19-20-31(36)37)40-33(43)29-18-13-21-41(29)34(44)32(27-16-11-8-12-17-27)39-25(3)45-35(4,5)6/h7,9-10,14-15,24,27-29,31-32,38-39H,1,3,8,11-13,16-22H2,2,4-6H3,(H,40,43). The van der Waals surface area contributed by atoms with Gasteiger partial charge in [-0.1, -0.05) is 56.2 Å². The fraction of sp³-hybridized carbons (Fsp3) is 0.629. The fourth-order valence-corrected chi connectivity index (χ4v) is 6.29. The Morgan fingerprint density at radius 3 is 2.24 bits per heavy atom. The zero-order valence-electron chi connectivity index (χ0n) is 27.4. The summed E-state index contributed by atoms with van der Waals surface area (Å²) in [5.74, 6) is -0.749. The minimum atomic E-state index is -2.62. The molecule has 8 nitrogen and oxygen atoms in total. The Kier molecular flexibility index (Phi) is 13.4. The molecule has 1 aromatic rings. The van der Waals surface area contributed by atoms with E-state index < -0.39 is 48.3 Å². The summed E-state index contributed by atoms with van der Waals surface area (Å²) in [4.78, 5) is 42.6. The number of ketones is 1. The molecule has 2 amide bonds. The van der Waals surface area contributed by atoms with Crippen molar-refractivity contribution in [3.05, 3.63) is 60.6 Å². The van der Waals surface area contributed by atoms with Crippen LogP contribution >= 0.6 is 0 Å². The van der Waals surface area contributed by atoms with Gasteiger partial charge < -0.3 is 25.6 Å². The molecule has 3 rings (SSSR count). The molecule has 2 aliphatic rings. The molecule has 1 aromatic carbocycles. The van der Waals surface area contributed by atoms with Crippen LogP contribution in [0.15, 0.2) is 55.1 Å². The van der Waals surface area contributed by atoms with E-state index in [-0.39, 0.29) is 30.7 Å². The number of Topliss-reactive ketones (excluding diaryl/α,β-unsaturated/α-hetero) is 1. The van der Waals surface area contributed by atoms with Crippen LogP contribution < -0.4 is 16.0 Å². The van der Waals surface area contributed by atoms with Crippen LogP contribution in [0.1, 0.15) is 104 Å². The molecule has 1 saturated carbocycles. The van der Waals surface area contributed by atoms with E-state index in [1.807, 2.05) is 58.0 Å². The van der Waals surface area contributed by atoms with Gasteiger partial charge in [-0.15, -0.1) is 0 Å². The number of halogens is 2. The number of alkyl halides is 2. The fourth-order valence-electron chi connectivity index (χ4n) is 6.29. The number of likely N-dealkylation sites (tertiary alicyclic amines) is 1. The van der Waals surface area contributed by atoms with E-state index in [2.05, 4.69) is 29.1 Å². The molecule has 10 heteroatoms. The highest BCUT2D eigenvalue weighted by molar-refractivity contribution is 5.94. The summed E-state index contributed by atoms with van der Waals surface area (Å²) in [6, 6.07) is 7.00. The van der Waals surface area contributed by atoms with Crippen molar-refractivity contribution < 1.29 is 27.9 Å². The van der Waals surface area contributed by atoms with Crippen molar-refractivity contribution in [2.24, 2.45) is 5.92 Å². The second kappa shape index (κ2) is 16.8. The van der Waals surface area contributed by atoms with E-state index in [4.69, 9.17) is 4.74 Å². The molecule has 1 heterocycles. The second-order valence-electron chi connectivity index (χ2n) is 13.4. The van der Waals surface area contributed by atoms with E-state index in [0.717, 1.165) is 37.7 Å². The van der Waals surface area contributed by atoms with Crippen LogP contribution in [0, 0.1) is 5.92 Å². The van der Waals surface area contributed by atoms with E-state index >= 15 is 0 Å². The molecule has 3 N–H and O–H groups in total. The molecule has 0 spiro atoms. The van der Waals surface area contributed by atoms with Crippen LogP contribution in [0.4, 0.5) is 8.78 Å². The lowest BCUT2D eigenvalue weighted by Gasteiger charge is -2.36. The summed E-state index contributed by atoms with van der Waals surface area (Å²) in [5.41, 5.74) is 0.944. The van der Waals surface area contributed by atoms with Gasteiger partial charge in [0.25, 0.3) is 0 Å². The number of benzene rings is 1. The zero-order valence-corrected chi connectivity index (χ0v) is 27.4. The molecule has 2 fully saturated rings. The van der Waals surface area contributed by atoms with Crippen LogP contribution in [-0.4, -0.2) is 59.2 Å². The first-order chi connectivity index (χ1) is 21.2. The van der Waals surface area contributed by atoms with Crippen molar-refractivity contribution in [3.8, 4) is 0 Å². The van der Waals surface area contributed by atoms with Gasteiger partial charge in [-0.2, -0.15) is 0 Å². The molecule has 4 atom stereocenters. The number of amides is 2. The summed E-state index contributed by atoms with van der Waals surface area (Å²) >= 11 is 0. The highest BCUT2D eigenvalue weighted by Gasteiger charge is 2.41. The summed E-state index contributed by atoms with van der Waals surface area (Å²) in [6.45, 7) is 16.0. The third kappa shape index (κ3) is 11.5. The van der Waals surface area contributed by atoms with Gasteiger partial charge in [0, 0.05) is 31.1 Å². The van der Waals surface area contributed by atoms with E-state index in [1.165, 1.54) is 0 Å². The number of rotatable bonds is 16. The molecule has 1 aliphatic carbocycles. The summed E-state index contributed by atoms with van der Waals surface area (Å²) < 4.78 is 32.3. The lowest BCUT2D eigenvalue weighted by atomic mass is 9.83. The molecule has 0 aromatic heterocycles. The highest BCUT2D eigenvalue weighted by atomic mass is 19.3. The van der Waals surface area contributed by atoms with Crippen molar-refractivity contribution >= 4 is 17.6 Å². The van der Waals surface area contributed by atoms with Crippen molar-refractivity contribution in [1.82, 2.24) is 20.9 Å². The van der Waals surface area contributed by atoms with Gasteiger partial charge in [-0.25, -0.2) is 8.78 Å². The van der Waals surface area contributed by atoms with Crippen LogP contribution in [0.5, 0.6) is 0 Å². The zero-order chi connectivity index (χ0) is 33.1. The Bertz CT molecular complexity index is 1160. The maximum atomic E-state index is 14.1. The molecule has 1 aliphatic heterocycles. The first kappa shape index (κ1) is 36.0. The smallest absolute Gasteiger partial charge is 0.246 e. The Labute approximate surface area is 267 Å². The van der Waals surface area contributed by atoms with Gasteiger partial charge in [0.05, 0.1) is 6.04 Å². The van der Waals surface area contributed by atoms with Gasteiger partial charge in [0.15, 0.2) is 11.7 Å². The number of ether oxygens (including phenoxy) is 1. The lowest BCUT2D eigenvalue weighted by molar-refractivity contribution is -0.142. The minimum absolute atomic E-state index is 0.0630. The Morgan fingerprint density at radius 1 is 0.956 bits per heavy atom. The largest absolute Gasteiger partial charge is 0.474 e. The normalized spacial score (nSPS) is 19.4. The number of carbonyl (C=O) groups excluding carboxylic acids is 3. The Balaban J connectivity index is 1.70. The number of carbonyl (C=O) groups is 3. The molecule has 1 saturated heterocycles. The van der Waals surface area contributed by atoms with Crippen LogP contribution in [0.3, 0.4) is 0 Å². The SMILES string of the molecule is C=C(CC(=O)C(CCC(F)F)NC(=O)C1CCCN1C(=O)C(NC(=C)OC(C)(C)C)C1CCCCC1)NC(C)c1ccccc1.